The molecule has 416 valence electrons. The van der Waals surface area contributed by atoms with Crippen molar-refractivity contribution in [1.29, 1.82) is 0 Å². The van der Waals surface area contributed by atoms with E-state index >= 15 is 0 Å². The van der Waals surface area contributed by atoms with Crippen molar-refractivity contribution in [2.45, 2.75) is 52.4 Å². The molecule has 16 aromatic carbocycles. The van der Waals surface area contributed by atoms with E-state index in [1.807, 2.05) is 0 Å². The molecule has 16 rings (SSSR count). The predicted octanol–water partition coefficient (Wildman–Crippen LogP) is 24.2. The van der Waals surface area contributed by atoms with Crippen LogP contribution in [0.1, 0.15) is 50.7 Å². The first-order chi connectivity index (χ1) is 41.6. The molecule has 0 N–H and O–H groups in total. The van der Waals surface area contributed by atoms with Crippen molar-refractivity contribution >= 4 is 115 Å². The van der Waals surface area contributed by atoms with Gasteiger partial charge in [0.15, 0.2) is 0 Å². The zero-order valence-electron chi connectivity index (χ0n) is 49.6. The zero-order valence-corrected chi connectivity index (χ0v) is 53.1. The van der Waals surface area contributed by atoms with Crippen LogP contribution in [0.15, 0.2) is 267 Å². The van der Waals surface area contributed by atoms with Crippen LogP contribution in [-0.4, -0.2) is 6.88 Å². The van der Waals surface area contributed by atoms with E-state index < -0.39 is 0 Å². The molecule has 0 amide bonds. The van der Waals surface area contributed by atoms with Crippen LogP contribution >= 0.6 is 0 Å². The number of benzene rings is 14. The van der Waals surface area contributed by atoms with Gasteiger partial charge in [0.25, 0.3) is 0 Å². The average Bonchev–Trinajstić information content (AvgIpc) is 1.45. The molecule has 16 aromatic rings. The molecular weight excluding hydrogens is 1130 g/mol. The van der Waals surface area contributed by atoms with Crippen molar-refractivity contribution in [3.8, 4) is 44.5 Å². The van der Waals surface area contributed by atoms with E-state index in [2.05, 4.69) is 288 Å². The minimum atomic E-state index is 0. The second-order valence-electron chi connectivity index (χ2n) is 22.7. The van der Waals surface area contributed by atoms with Gasteiger partial charge in [-0.1, -0.05) is 280 Å². The monoisotopic (exact) mass is 1190 g/mol. The Morgan fingerprint density at radius 3 is 0.709 bits per heavy atom. The Hall–Kier alpha value is -8.52. The Balaban J connectivity index is 0.000000160. The number of hydrogen-bond acceptors (Lipinski definition) is 0. The molecule has 0 unspecified atom stereocenters. The van der Waals surface area contributed by atoms with Crippen molar-refractivity contribution < 1.29 is 23.3 Å². The summed E-state index contributed by atoms with van der Waals surface area (Å²) < 4.78 is 0. The van der Waals surface area contributed by atoms with Gasteiger partial charge in [0, 0.05) is 0 Å². The maximum atomic E-state index is 3.06. The fourth-order valence-electron chi connectivity index (χ4n) is 13.9. The van der Waals surface area contributed by atoms with Crippen LogP contribution in [-0.2, 0) is 36.2 Å². The van der Waals surface area contributed by atoms with E-state index in [9.17, 15) is 0 Å². The molecule has 2 heteroatoms. The number of hydrogen-bond donors (Lipinski definition) is 0. The molecule has 0 aromatic heterocycles. The standard InChI is InChI=1S/2C41H31.2CH3.Si.Zr/c2*1-2-3-12-27-23-38-36(40-32-17-8-4-13-28(32)25-29-14-5-9-18-33(29)40)21-22-37(39(38)24-27)41-34-19-10-6-15-30(34)26-31-16-7-11-20-35(31)41;;;;/h2*4-11,13-26H,2-3,12H2,1H3;2*1H3;;/q4*-1;;. The topological polar surface area (TPSA) is 0 Å². The normalized spacial score (nSPS) is 11.3. The van der Waals surface area contributed by atoms with Crippen LogP contribution in [0.5, 0.6) is 0 Å². The van der Waals surface area contributed by atoms with Crippen molar-refractivity contribution in [2.75, 3.05) is 0 Å². The molecule has 2 radical (unpaired) electrons. The van der Waals surface area contributed by atoms with Gasteiger partial charge in [-0.15, -0.1) is 44.8 Å². The zero-order chi connectivity index (χ0) is 56.7. The van der Waals surface area contributed by atoms with Gasteiger partial charge in [-0.2, -0.15) is 12.1 Å². The second kappa shape index (κ2) is 25.2. The molecule has 0 bridgehead atoms. The minimum absolute atomic E-state index is 0. The van der Waals surface area contributed by atoms with Gasteiger partial charge >= 0.3 is 30.2 Å². The molecule has 0 aliphatic heterocycles. The van der Waals surface area contributed by atoms with E-state index in [0.29, 0.717) is 0 Å². The van der Waals surface area contributed by atoms with Crippen LogP contribution in [0.25, 0.3) is 152 Å². The number of aryl methyl sites for hydroxylation is 2. The van der Waals surface area contributed by atoms with Crippen LogP contribution in [0, 0.1) is 14.9 Å². The van der Waals surface area contributed by atoms with Crippen molar-refractivity contribution in [1.82, 2.24) is 0 Å². The van der Waals surface area contributed by atoms with Crippen LogP contribution in [0.2, 0.25) is 0 Å². The van der Waals surface area contributed by atoms with Gasteiger partial charge in [-0.25, -0.2) is 0 Å². The Labute approximate surface area is 523 Å². The van der Waals surface area contributed by atoms with E-state index in [4.69, 9.17) is 0 Å². The average molecular weight is 1200 g/mol. The predicted molar refractivity (Wildman–Crippen MR) is 377 cm³/mol. The summed E-state index contributed by atoms with van der Waals surface area (Å²) in [5.74, 6) is 0. The number of rotatable bonds is 10. The summed E-state index contributed by atoms with van der Waals surface area (Å²) in [5.41, 5.74) is 13.5. The summed E-state index contributed by atoms with van der Waals surface area (Å²) in [6, 6.07) is 99.7. The molecule has 86 heavy (non-hydrogen) atoms. The van der Waals surface area contributed by atoms with Gasteiger partial charge in [-0.05, 0) is 146 Å². The fourth-order valence-corrected chi connectivity index (χ4v) is 13.9. The van der Waals surface area contributed by atoms with Gasteiger partial charge in [0.1, 0.15) is 0 Å². The molecule has 0 nitrogen and oxygen atoms in total. The first-order valence-corrected chi connectivity index (χ1v) is 34.1. The first-order valence-electron chi connectivity index (χ1n) is 29.9. The van der Waals surface area contributed by atoms with Crippen molar-refractivity contribution in [2.24, 2.45) is 0 Å². The van der Waals surface area contributed by atoms with E-state index in [-0.39, 0.29) is 14.9 Å². The van der Waals surface area contributed by atoms with Gasteiger partial charge < -0.3 is 14.9 Å². The SMILES string of the molecule is CCCCc1cc2c(-c3c4ccccc4cc4ccccc34)ccc(-c3c4ccccc4cc4ccccc34)c2[cH-]1.CCCCc1cc2c(-c3c4ccccc4cc4ccccc34)ccc(-c3c4ccccc4cc4ccccc34)c2[cH-]1.[CH3-].[CH3-].[Si]=[Zr]. The third-order valence-electron chi connectivity index (χ3n) is 17.7. The van der Waals surface area contributed by atoms with E-state index in [1.54, 1.807) is 0 Å². The first kappa shape index (κ1) is 57.9. The summed E-state index contributed by atoms with van der Waals surface area (Å²) >= 11 is 1.36. The molecule has 0 spiro atoms. The second-order valence-corrected chi connectivity index (χ2v) is 22.7. The molecule has 0 saturated heterocycles. The molecule has 0 aliphatic carbocycles. The third kappa shape index (κ3) is 10.3. The van der Waals surface area contributed by atoms with E-state index in [1.165, 1.54) is 212 Å². The Morgan fingerprint density at radius 2 is 0.477 bits per heavy atom. The maximum absolute atomic E-state index is 3.06. The number of unbranched alkanes of at least 4 members (excludes halogenated alkanes) is 2. The molecular formula is C84H68SiZr-4. The quantitative estimate of drug-likeness (QED) is 0.0727. The van der Waals surface area contributed by atoms with Gasteiger partial charge in [-0.3, -0.25) is 0 Å². The summed E-state index contributed by atoms with van der Waals surface area (Å²) in [6.45, 7) is 7.63. The van der Waals surface area contributed by atoms with Crippen molar-refractivity contribution in [3.63, 3.8) is 0 Å². The Bertz CT molecular complexity index is 4310. The molecule has 0 atom stereocenters. The molecule has 0 aliphatic rings. The van der Waals surface area contributed by atoms with Crippen LogP contribution in [0.4, 0.5) is 0 Å². The fraction of sp³-hybridized carbons (Fsp3) is 0.0952. The Morgan fingerprint density at radius 1 is 0.267 bits per heavy atom. The molecule has 0 heterocycles. The number of fused-ring (bicyclic) bond motifs is 10. The summed E-state index contributed by atoms with van der Waals surface area (Å²) in [5, 5.41) is 26.2. The van der Waals surface area contributed by atoms with Gasteiger partial charge in [0.05, 0.1) is 0 Å². The summed E-state index contributed by atoms with van der Waals surface area (Å²) in [6.07, 6.45) is 7.02. The molecule has 0 fully saturated rings. The van der Waals surface area contributed by atoms with E-state index in [0.717, 1.165) is 12.8 Å². The van der Waals surface area contributed by atoms with Gasteiger partial charge in [0.2, 0.25) is 0 Å². The van der Waals surface area contributed by atoms with Crippen LogP contribution in [0.3, 0.4) is 0 Å². The Kier molecular flexibility index (Phi) is 17.0. The van der Waals surface area contributed by atoms with Crippen molar-refractivity contribution in [3.05, 3.63) is 293 Å². The van der Waals surface area contributed by atoms with Crippen LogP contribution < -0.4 is 0 Å². The third-order valence-corrected chi connectivity index (χ3v) is 17.7. The summed E-state index contributed by atoms with van der Waals surface area (Å²) in [4.78, 5) is 0. The summed E-state index contributed by atoms with van der Waals surface area (Å²) in [7, 11) is 0. The molecule has 0 saturated carbocycles.